The first-order valence-corrected chi connectivity index (χ1v) is 6.94. The fourth-order valence-corrected chi connectivity index (χ4v) is 2.33. The molecule has 0 spiro atoms. The number of aliphatic hydroxyl groups excluding tert-OH is 1. The number of aryl methyl sites for hydroxylation is 1. The van der Waals surface area contributed by atoms with Gasteiger partial charge in [-0.1, -0.05) is 0 Å². The summed E-state index contributed by atoms with van der Waals surface area (Å²) >= 11 is 0. The highest BCUT2D eigenvalue weighted by molar-refractivity contribution is 5.52. The summed E-state index contributed by atoms with van der Waals surface area (Å²) in [5.41, 5.74) is 4.35. The minimum absolute atomic E-state index is 0.105. The molecule has 0 fully saturated rings. The molecule has 0 radical (unpaired) electrons. The van der Waals surface area contributed by atoms with Crippen molar-refractivity contribution in [1.29, 1.82) is 0 Å². The molecule has 0 aromatic carbocycles. The molecule has 0 aliphatic heterocycles. The standard InChI is InChI=1S/C14H23N5O/c1-10(2)19-12(4)14(11(3)17-19)15-7-13-8-16-18(9-13)5-6-20/h8-10,15,20H,5-7H2,1-4H3. The quantitative estimate of drug-likeness (QED) is 0.846. The van der Waals surface area contributed by atoms with Crippen LogP contribution in [0.2, 0.25) is 0 Å². The zero-order chi connectivity index (χ0) is 14.7. The molecule has 2 aromatic heterocycles. The molecule has 0 saturated carbocycles. The van der Waals surface area contributed by atoms with Crippen LogP contribution in [0, 0.1) is 13.8 Å². The maximum Gasteiger partial charge on any atom is 0.0828 e. The largest absolute Gasteiger partial charge is 0.394 e. The van der Waals surface area contributed by atoms with E-state index in [0.717, 1.165) is 22.6 Å². The zero-order valence-electron chi connectivity index (χ0n) is 12.6. The van der Waals surface area contributed by atoms with E-state index >= 15 is 0 Å². The van der Waals surface area contributed by atoms with Crippen molar-refractivity contribution in [2.24, 2.45) is 0 Å². The summed E-state index contributed by atoms with van der Waals surface area (Å²) in [5, 5.41) is 21.1. The van der Waals surface area contributed by atoms with E-state index in [1.54, 1.807) is 4.68 Å². The van der Waals surface area contributed by atoms with E-state index in [2.05, 4.69) is 36.3 Å². The van der Waals surface area contributed by atoms with Crippen LogP contribution >= 0.6 is 0 Å². The molecule has 0 saturated heterocycles. The van der Waals surface area contributed by atoms with Crippen molar-refractivity contribution >= 4 is 5.69 Å². The van der Waals surface area contributed by atoms with Crippen LogP contribution in [0.3, 0.4) is 0 Å². The van der Waals surface area contributed by atoms with E-state index < -0.39 is 0 Å². The molecule has 6 heteroatoms. The van der Waals surface area contributed by atoms with Crippen molar-refractivity contribution in [1.82, 2.24) is 19.6 Å². The van der Waals surface area contributed by atoms with Crippen LogP contribution in [0.15, 0.2) is 12.4 Å². The smallest absolute Gasteiger partial charge is 0.0828 e. The number of hydrogen-bond donors (Lipinski definition) is 2. The third kappa shape index (κ3) is 3.01. The van der Waals surface area contributed by atoms with E-state index in [-0.39, 0.29) is 6.61 Å². The molecule has 2 N–H and O–H groups in total. The van der Waals surface area contributed by atoms with Gasteiger partial charge in [0.2, 0.25) is 0 Å². The minimum Gasteiger partial charge on any atom is -0.394 e. The molecule has 20 heavy (non-hydrogen) atoms. The van der Waals surface area contributed by atoms with Gasteiger partial charge in [0.05, 0.1) is 36.4 Å². The Morgan fingerprint density at radius 1 is 1.35 bits per heavy atom. The van der Waals surface area contributed by atoms with E-state index in [1.165, 1.54) is 0 Å². The number of aromatic nitrogens is 4. The lowest BCUT2D eigenvalue weighted by atomic mass is 10.2. The van der Waals surface area contributed by atoms with E-state index in [1.807, 2.05) is 24.0 Å². The Hall–Kier alpha value is -1.82. The Balaban J connectivity index is 2.06. The maximum atomic E-state index is 8.88. The molecule has 2 heterocycles. The fourth-order valence-electron chi connectivity index (χ4n) is 2.33. The Morgan fingerprint density at radius 3 is 2.70 bits per heavy atom. The van der Waals surface area contributed by atoms with Crippen LogP contribution < -0.4 is 5.32 Å². The topological polar surface area (TPSA) is 67.9 Å². The predicted molar refractivity (Wildman–Crippen MR) is 78.7 cm³/mol. The summed E-state index contributed by atoms with van der Waals surface area (Å²) in [6.45, 7) is 9.69. The molecular formula is C14H23N5O. The Bertz CT molecular complexity index is 570. The monoisotopic (exact) mass is 277 g/mol. The Labute approximate surface area is 119 Å². The van der Waals surface area contributed by atoms with E-state index in [4.69, 9.17) is 5.11 Å². The van der Waals surface area contributed by atoms with Gasteiger partial charge in [-0.3, -0.25) is 9.36 Å². The first-order chi connectivity index (χ1) is 9.52. The van der Waals surface area contributed by atoms with Crippen LogP contribution in [-0.4, -0.2) is 31.3 Å². The van der Waals surface area contributed by atoms with Crippen LogP contribution in [-0.2, 0) is 13.1 Å². The molecule has 0 aliphatic rings. The highest BCUT2D eigenvalue weighted by Gasteiger charge is 2.13. The van der Waals surface area contributed by atoms with Gasteiger partial charge in [0.25, 0.3) is 0 Å². The van der Waals surface area contributed by atoms with Crippen molar-refractivity contribution < 1.29 is 5.11 Å². The lowest BCUT2D eigenvalue weighted by molar-refractivity contribution is 0.269. The molecule has 0 atom stereocenters. The van der Waals surface area contributed by atoms with Crippen molar-refractivity contribution in [3.05, 3.63) is 29.3 Å². The molecule has 0 unspecified atom stereocenters. The molecular weight excluding hydrogens is 254 g/mol. The van der Waals surface area contributed by atoms with Crippen molar-refractivity contribution in [2.75, 3.05) is 11.9 Å². The molecule has 0 bridgehead atoms. The number of aliphatic hydroxyl groups is 1. The molecule has 6 nitrogen and oxygen atoms in total. The second-order valence-electron chi connectivity index (χ2n) is 5.27. The molecule has 2 aromatic rings. The Morgan fingerprint density at radius 2 is 2.10 bits per heavy atom. The van der Waals surface area contributed by atoms with Gasteiger partial charge in [-0.25, -0.2) is 0 Å². The average molecular weight is 277 g/mol. The summed E-state index contributed by atoms with van der Waals surface area (Å²) in [6, 6.07) is 0.358. The maximum absolute atomic E-state index is 8.88. The van der Waals surface area contributed by atoms with Crippen LogP contribution in [0.25, 0.3) is 0 Å². The molecule has 110 valence electrons. The van der Waals surface area contributed by atoms with Crippen LogP contribution in [0.1, 0.15) is 36.8 Å². The first-order valence-electron chi connectivity index (χ1n) is 6.94. The molecule has 2 rings (SSSR count). The average Bonchev–Trinajstić information content (AvgIpc) is 2.94. The van der Waals surface area contributed by atoms with Crippen LogP contribution in [0.5, 0.6) is 0 Å². The highest BCUT2D eigenvalue weighted by atomic mass is 16.3. The number of anilines is 1. The van der Waals surface area contributed by atoms with Gasteiger partial charge in [-0.2, -0.15) is 10.2 Å². The number of nitrogens with zero attached hydrogens (tertiary/aromatic N) is 4. The first kappa shape index (κ1) is 14.6. The Kier molecular flexibility index (Phi) is 4.44. The van der Waals surface area contributed by atoms with Crippen molar-refractivity contribution in [3.63, 3.8) is 0 Å². The summed E-state index contributed by atoms with van der Waals surface area (Å²) < 4.78 is 3.78. The van der Waals surface area contributed by atoms with Gasteiger partial charge < -0.3 is 10.4 Å². The van der Waals surface area contributed by atoms with Gasteiger partial charge in [-0.15, -0.1) is 0 Å². The lowest BCUT2D eigenvalue weighted by Crippen LogP contribution is -2.06. The van der Waals surface area contributed by atoms with Crippen molar-refractivity contribution in [3.8, 4) is 0 Å². The van der Waals surface area contributed by atoms with Crippen molar-refractivity contribution in [2.45, 2.75) is 46.8 Å². The van der Waals surface area contributed by atoms with Crippen LogP contribution in [0.4, 0.5) is 5.69 Å². The SMILES string of the molecule is Cc1nn(C(C)C)c(C)c1NCc1cnn(CCO)c1. The summed E-state index contributed by atoms with van der Waals surface area (Å²) in [6.07, 6.45) is 3.76. The normalized spacial score (nSPS) is 11.3. The van der Waals surface area contributed by atoms with Gasteiger partial charge in [0.15, 0.2) is 0 Å². The van der Waals surface area contributed by atoms with Gasteiger partial charge in [-0.05, 0) is 27.7 Å². The molecule has 0 amide bonds. The van der Waals surface area contributed by atoms with E-state index in [9.17, 15) is 0 Å². The van der Waals surface area contributed by atoms with E-state index in [0.29, 0.717) is 19.1 Å². The molecule has 0 aliphatic carbocycles. The van der Waals surface area contributed by atoms with Gasteiger partial charge in [0.1, 0.15) is 0 Å². The predicted octanol–water partition coefficient (Wildman–Crippen LogP) is 1.88. The number of rotatable bonds is 6. The van der Waals surface area contributed by atoms with Gasteiger partial charge >= 0.3 is 0 Å². The zero-order valence-corrected chi connectivity index (χ0v) is 12.6. The number of hydrogen-bond acceptors (Lipinski definition) is 4. The summed E-state index contributed by atoms with van der Waals surface area (Å²) in [5.74, 6) is 0. The minimum atomic E-state index is 0.105. The third-order valence-electron chi connectivity index (χ3n) is 3.30. The highest BCUT2D eigenvalue weighted by Crippen LogP contribution is 2.22. The lowest BCUT2D eigenvalue weighted by Gasteiger charge is -2.09. The fraction of sp³-hybridized carbons (Fsp3) is 0.571. The summed E-state index contributed by atoms with van der Waals surface area (Å²) in [7, 11) is 0. The summed E-state index contributed by atoms with van der Waals surface area (Å²) in [4.78, 5) is 0. The van der Waals surface area contributed by atoms with Gasteiger partial charge in [0, 0.05) is 24.3 Å². The second kappa shape index (κ2) is 6.09. The number of nitrogens with one attached hydrogen (secondary N) is 1. The third-order valence-corrected chi connectivity index (χ3v) is 3.30. The second-order valence-corrected chi connectivity index (χ2v) is 5.27.